The van der Waals surface area contributed by atoms with E-state index >= 15 is 0 Å². The number of thiazole rings is 1. The molecular weight excluding hydrogens is 631 g/mol. The number of methoxy groups -OCH3 is 2. The third kappa shape index (κ3) is 5.67. The van der Waals surface area contributed by atoms with Gasteiger partial charge in [-0.05, 0) is 73.2 Å². The Labute approximate surface area is 272 Å². The first-order valence-electron chi connectivity index (χ1n) is 14.4. The lowest BCUT2D eigenvalue weighted by Gasteiger charge is -2.30. The van der Waals surface area contributed by atoms with Gasteiger partial charge in [-0.3, -0.25) is 23.7 Å². The van der Waals surface area contributed by atoms with Crippen LogP contribution in [-0.4, -0.2) is 54.3 Å². The molecule has 46 heavy (non-hydrogen) atoms. The number of carbonyl (C=O) groups excluding carboxylic acids is 4. The lowest BCUT2D eigenvalue weighted by molar-refractivity contribution is -0.122. The molecule has 6 rings (SSSR count). The second kappa shape index (κ2) is 12.9. The van der Waals surface area contributed by atoms with Gasteiger partial charge in [0.1, 0.15) is 23.3 Å². The number of nitrogens with zero attached hydrogens (tertiary/aromatic N) is 2. The molecule has 1 N–H and O–H groups in total. The Balaban J connectivity index is 1.36. The highest BCUT2D eigenvalue weighted by Crippen LogP contribution is 2.54. The van der Waals surface area contributed by atoms with Gasteiger partial charge >= 0.3 is 10.8 Å². The maximum absolute atomic E-state index is 14.1. The molecule has 13 heteroatoms. The van der Waals surface area contributed by atoms with Gasteiger partial charge in [0.25, 0.3) is 0 Å². The van der Waals surface area contributed by atoms with E-state index < -0.39 is 40.8 Å². The number of fused-ring (bicyclic) bond motifs is 2. The summed E-state index contributed by atoms with van der Waals surface area (Å²) in [6.07, 6.45) is 0. The van der Waals surface area contributed by atoms with Gasteiger partial charge in [-0.2, -0.15) is 0 Å². The van der Waals surface area contributed by atoms with Crippen LogP contribution in [-0.2, 0) is 25.7 Å². The summed E-state index contributed by atoms with van der Waals surface area (Å²) >= 11 is 2.09. The smallest absolute Gasteiger partial charge is 0.338 e. The van der Waals surface area contributed by atoms with Crippen molar-refractivity contribution in [2.45, 2.75) is 29.7 Å². The van der Waals surface area contributed by atoms with Crippen molar-refractivity contribution >= 4 is 58.2 Å². The van der Waals surface area contributed by atoms with E-state index in [9.17, 15) is 24.0 Å². The summed E-state index contributed by atoms with van der Waals surface area (Å²) in [5, 5.41) is 2.41. The van der Waals surface area contributed by atoms with E-state index in [1.54, 1.807) is 69.7 Å². The fourth-order valence-electron chi connectivity index (χ4n) is 5.66. The maximum atomic E-state index is 14.1. The van der Waals surface area contributed by atoms with Crippen molar-refractivity contribution in [2.24, 2.45) is 5.92 Å². The molecule has 4 aromatic rings. The minimum atomic E-state index is -0.860. The summed E-state index contributed by atoms with van der Waals surface area (Å²) in [5.41, 5.74) is 1.89. The topological polar surface area (TPSA) is 133 Å². The number of imide groups is 1. The number of carbonyl (C=O) groups is 4. The molecule has 0 spiro atoms. The van der Waals surface area contributed by atoms with E-state index in [0.29, 0.717) is 38.3 Å². The zero-order valence-corrected chi connectivity index (χ0v) is 26.7. The number of benzene rings is 3. The molecule has 1 aromatic heterocycles. The molecule has 2 aliphatic heterocycles. The Morgan fingerprint density at radius 1 is 0.848 bits per heavy atom. The van der Waals surface area contributed by atoms with Crippen LogP contribution < -0.4 is 24.6 Å². The zero-order valence-electron chi connectivity index (χ0n) is 25.1. The van der Waals surface area contributed by atoms with Crippen LogP contribution in [0, 0.1) is 5.92 Å². The molecule has 0 saturated carbocycles. The molecular formula is C33H29N3O8S2. The molecule has 0 radical (unpaired) electrons. The lowest BCUT2D eigenvalue weighted by Crippen LogP contribution is -2.33. The third-order valence-electron chi connectivity index (χ3n) is 7.84. The van der Waals surface area contributed by atoms with Crippen molar-refractivity contribution in [3.63, 3.8) is 0 Å². The van der Waals surface area contributed by atoms with E-state index in [-0.39, 0.29) is 18.0 Å². The average molecular weight is 660 g/mol. The van der Waals surface area contributed by atoms with Crippen LogP contribution in [0.15, 0.2) is 82.6 Å². The van der Waals surface area contributed by atoms with Crippen molar-refractivity contribution in [1.82, 2.24) is 4.57 Å². The minimum absolute atomic E-state index is 0.218. The van der Waals surface area contributed by atoms with E-state index in [1.807, 2.05) is 12.1 Å². The summed E-state index contributed by atoms with van der Waals surface area (Å²) in [4.78, 5) is 68.2. The predicted molar refractivity (Wildman–Crippen MR) is 173 cm³/mol. The molecule has 3 aromatic carbocycles. The third-order valence-corrected chi connectivity index (χ3v) is 10.4. The molecule has 3 heterocycles. The van der Waals surface area contributed by atoms with Gasteiger partial charge in [0.15, 0.2) is 0 Å². The molecule has 1 saturated heterocycles. The van der Waals surface area contributed by atoms with Crippen LogP contribution in [0.2, 0.25) is 0 Å². The molecule has 11 nitrogen and oxygen atoms in total. The summed E-state index contributed by atoms with van der Waals surface area (Å²) in [6, 6.07) is 20.1. The maximum Gasteiger partial charge on any atom is 0.338 e. The standard InChI is InChI=1S/C33H29N3O8S2/c1-4-44-32(40)19-5-11-21(12-6-19)36-29(38)26-25(18-7-13-22(42-2)14-8-18)28-31(45-27(26)30(36)39)35(33(41)46-28)17-24(37)34-20-9-15-23(43-3)16-10-20/h5-16,25-27H,4,17H2,1-3H3,(H,34,37). The number of nitrogens with one attached hydrogen (secondary N) is 1. The number of ether oxygens (including phenoxy) is 3. The van der Waals surface area contributed by atoms with Gasteiger partial charge in [-0.15, -0.1) is 0 Å². The Bertz CT molecular complexity index is 1870. The summed E-state index contributed by atoms with van der Waals surface area (Å²) in [7, 11) is 3.10. The largest absolute Gasteiger partial charge is 0.497 e. The second-order valence-corrected chi connectivity index (χ2v) is 12.6. The molecule has 0 bridgehead atoms. The molecule has 2 aliphatic rings. The first-order chi connectivity index (χ1) is 22.2. The Hall–Kier alpha value is -4.88. The Morgan fingerprint density at radius 2 is 1.48 bits per heavy atom. The summed E-state index contributed by atoms with van der Waals surface area (Å²) in [5.74, 6) is -1.98. The zero-order chi connectivity index (χ0) is 32.5. The number of rotatable bonds is 9. The Kier molecular flexibility index (Phi) is 8.69. The fraction of sp³-hybridized carbons (Fsp3) is 0.242. The van der Waals surface area contributed by atoms with Gasteiger partial charge in [0.2, 0.25) is 17.7 Å². The van der Waals surface area contributed by atoms with E-state index in [4.69, 9.17) is 14.2 Å². The fourth-order valence-corrected chi connectivity index (χ4v) is 8.43. The number of hydrogen-bond acceptors (Lipinski definition) is 10. The SMILES string of the molecule is CCOC(=O)c1ccc(N2C(=O)C3Sc4c(sc(=O)n4CC(=O)Nc4ccc(OC)cc4)C(c4ccc(OC)cc4)C3C2=O)cc1. The number of amides is 3. The quantitative estimate of drug-likeness (QED) is 0.203. The molecule has 3 unspecified atom stereocenters. The molecule has 0 aliphatic carbocycles. The highest BCUT2D eigenvalue weighted by Gasteiger charge is 2.56. The second-order valence-electron chi connectivity index (χ2n) is 10.5. The van der Waals surface area contributed by atoms with Crippen LogP contribution in [0.3, 0.4) is 0 Å². The monoisotopic (exact) mass is 659 g/mol. The highest BCUT2D eigenvalue weighted by atomic mass is 32.2. The first kappa shape index (κ1) is 31.1. The van der Waals surface area contributed by atoms with Crippen LogP contribution in [0.25, 0.3) is 0 Å². The van der Waals surface area contributed by atoms with Crippen LogP contribution in [0.1, 0.15) is 33.6 Å². The molecule has 1 fully saturated rings. The molecule has 236 valence electrons. The van der Waals surface area contributed by atoms with Gasteiger partial charge in [-0.1, -0.05) is 35.2 Å². The molecule has 3 amide bonds. The van der Waals surface area contributed by atoms with Crippen molar-refractivity contribution < 1.29 is 33.4 Å². The van der Waals surface area contributed by atoms with Gasteiger partial charge in [0.05, 0.1) is 43.0 Å². The van der Waals surface area contributed by atoms with E-state index in [1.165, 1.54) is 16.7 Å². The predicted octanol–water partition coefficient (Wildman–Crippen LogP) is 4.54. The van der Waals surface area contributed by atoms with Crippen molar-refractivity contribution in [3.05, 3.63) is 98.5 Å². The Morgan fingerprint density at radius 3 is 2.09 bits per heavy atom. The number of anilines is 2. The van der Waals surface area contributed by atoms with Gasteiger partial charge < -0.3 is 19.5 Å². The van der Waals surface area contributed by atoms with Crippen LogP contribution in [0.4, 0.5) is 11.4 Å². The van der Waals surface area contributed by atoms with E-state index in [2.05, 4.69) is 5.32 Å². The molecule has 3 atom stereocenters. The van der Waals surface area contributed by atoms with Crippen molar-refractivity contribution in [2.75, 3.05) is 31.0 Å². The van der Waals surface area contributed by atoms with Crippen LogP contribution >= 0.6 is 23.1 Å². The van der Waals surface area contributed by atoms with Crippen molar-refractivity contribution in [3.8, 4) is 11.5 Å². The number of thioether (sulfide) groups is 1. The van der Waals surface area contributed by atoms with E-state index in [0.717, 1.165) is 33.6 Å². The summed E-state index contributed by atoms with van der Waals surface area (Å²) < 4.78 is 16.9. The number of aromatic nitrogens is 1. The van der Waals surface area contributed by atoms with Gasteiger partial charge in [-0.25, -0.2) is 9.69 Å². The average Bonchev–Trinajstić information content (AvgIpc) is 3.51. The van der Waals surface area contributed by atoms with Crippen LogP contribution in [0.5, 0.6) is 11.5 Å². The van der Waals surface area contributed by atoms with Gasteiger partial charge in [0, 0.05) is 16.5 Å². The summed E-state index contributed by atoms with van der Waals surface area (Å²) in [6.45, 7) is 1.64. The lowest BCUT2D eigenvalue weighted by atomic mass is 9.83. The number of hydrogen-bond donors (Lipinski definition) is 1. The number of esters is 1. The normalized spacial score (nSPS) is 18.5. The highest BCUT2D eigenvalue weighted by molar-refractivity contribution is 8.00. The first-order valence-corrected chi connectivity index (χ1v) is 16.1. The minimum Gasteiger partial charge on any atom is -0.497 e. The van der Waals surface area contributed by atoms with Crippen molar-refractivity contribution in [1.29, 1.82) is 0 Å².